The smallest absolute Gasteiger partial charge is 0.110 e. The monoisotopic (exact) mass is 254 g/mol. The molecule has 3 heteroatoms. The molecule has 1 aromatic carbocycles. The summed E-state index contributed by atoms with van der Waals surface area (Å²) in [5.41, 5.74) is 1.25. The van der Waals surface area contributed by atoms with Gasteiger partial charge in [0, 0.05) is 10.3 Å². The molecule has 1 aliphatic heterocycles. The maximum atomic E-state index is 5.84. The van der Waals surface area contributed by atoms with Crippen LogP contribution in [-0.4, -0.2) is 11.4 Å². The molecule has 0 spiro atoms. The summed E-state index contributed by atoms with van der Waals surface area (Å²) in [6.07, 6.45) is 7.13. The van der Waals surface area contributed by atoms with E-state index in [1.807, 2.05) is 24.3 Å². The van der Waals surface area contributed by atoms with Crippen LogP contribution in [0.1, 0.15) is 18.4 Å². The van der Waals surface area contributed by atoms with E-state index in [0.29, 0.717) is 0 Å². The molecule has 0 aliphatic carbocycles. The Morgan fingerprint density at radius 3 is 2.75 bits per heavy atom. The molecule has 2 unspecified atom stereocenters. The Labute approximate surface area is 107 Å². The van der Waals surface area contributed by atoms with Crippen molar-refractivity contribution in [1.82, 2.24) is 0 Å². The van der Waals surface area contributed by atoms with Gasteiger partial charge in [0.05, 0.1) is 6.26 Å². The van der Waals surface area contributed by atoms with E-state index in [-0.39, 0.29) is 11.4 Å². The summed E-state index contributed by atoms with van der Waals surface area (Å²) in [6, 6.07) is 7.92. The quantitative estimate of drug-likeness (QED) is 0.806. The molecule has 2 atom stereocenters. The first-order valence-electron chi connectivity index (χ1n) is 5.48. The Hall–Kier alpha value is -0.600. The summed E-state index contributed by atoms with van der Waals surface area (Å²) < 4.78 is 5.55. The van der Waals surface area contributed by atoms with Gasteiger partial charge >= 0.3 is 0 Å². The minimum absolute atomic E-state index is 0.226. The Morgan fingerprint density at radius 1 is 1.38 bits per heavy atom. The van der Waals surface area contributed by atoms with Gasteiger partial charge in [-0.1, -0.05) is 23.7 Å². The molecule has 0 aromatic heterocycles. The van der Waals surface area contributed by atoms with Gasteiger partial charge in [0.25, 0.3) is 0 Å². The number of hydrogen-bond donors (Lipinski definition) is 1. The van der Waals surface area contributed by atoms with Crippen molar-refractivity contribution in [3.05, 3.63) is 47.2 Å². The van der Waals surface area contributed by atoms with Crippen molar-refractivity contribution in [1.29, 1.82) is 0 Å². The topological polar surface area (TPSA) is 9.23 Å². The molecule has 1 nitrogen and oxygen atoms in total. The average molecular weight is 255 g/mol. The minimum atomic E-state index is 0.226. The third-order valence-corrected chi connectivity index (χ3v) is 3.52. The molecule has 1 aromatic rings. The van der Waals surface area contributed by atoms with Crippen LogP contribution >= 0.6 is 24.2 Å². The maximum absolute atomic E-state index is 5.84. The van der Waals surface area contributed by atoms with Crippen LogP contribution in [0.3, 0.4) is 0 Å². The van der Waals surface area contributed by atoms with E-state index in [2.05, 4.69) is 18.7 Å². The average Bonchev–Trinajstić information content (AvgIpc) is 2.33. The number of benzene rings is 1. The van der Waals surface area contributed by atoms with Gasteiger partial charge in [-0.25, -0.2) is 0 Å². The Bertz CT molecular complexity index is 361. The summed E-state index contributed by atoms with van der Waals surface area (Å²) in [7, 11) is 0. The van der Waals surface area contributed by atoms with Crippen molar-refractivity contribution in [3.8, 4) is 0 Å². The Morgan fingerprint density at radius 2 is 2.12 bits per heavy atom. The van der Waals surface area contributed by atoms with Gasteiger partial charge in [0.2, 0.25) is 0 Å². The lowest BCUT2D eigenvalue weighted by Gasteiger charge is -2.25. The second-order valence-corrected chi connectivity index (χ2v) is 5.12. The zero-order chi connectivity index (χ0) is 11.4. The molecule has 0 radical (unpaired) electrons. The van der Waals surface area contributed by atoms with Crippen molar-refractivity contribution >= 4 is 24.2 Å². The first-order valence-corrected chi connectivity index (χ1v) is 6.38. The number of hydrogen-bond acceptors (Lipinski definition) is 2. The van der Waals surface area contributed by atoms with Gasteiger partial charge in [-0.3, -0.25) is 0 Å². The highest BCUT2D eigenvalue weighted by atomic mass is 35.5. The number of allylic oxidation sites excluding steroid dienone is 1. The second-order valence-electron chi connectivity index (χ2n) is 4.02. The van der Waals surface area contributed by atoms with Gasteiger partial charge in [-0.05, 0) is 43.0 Å². The maximum Gasteiger partial charge on any atom is 0.110 e. The van der Waals surface area contributed by atoms with E-state index in [9.17, 15) is 0 Å². The number of ether oxygens (including phenoxy) is 1. The predicted octanol–water partition coefficient (Wildman–Crippen LogP) is 3.87. The molecule has 0 fully saturated rings. The van der Waals surface area contributed by atoms with Crippen LogP contribution in [0.25, 0.3) is 0 Å². The Balaban J connectivity index is 1.93. The lowest BCUT2D eigenvalue weighted by molar-refractivity contribution is 0.121. The van der Waals surface area contributed by atoms with Crippen LogP contribution in [0.5, 0.6) is 0 Å². The summed E-state index contributed by atoms with van der Waals surface area (Å²) >= 11 is 10.5. The molecule has 0 bridgehead atoms. The fraction of sp³-hybridized carbons (Fsp3) is 0.385. The van der Waals surface area contributed by atoms with E-state index >= 15 is 0 Å². The molecule has 0 amide bonds. The normalized spacial score (nSPS) is 21.5. The van der Waals surface area contributed by atoms with Crippen LogP contribution in [0.15, 0.2) is 36.6 Å². The van der Waals surface area contributed by atoms with Crippen LogP contribution in [0.2, 0.25) is 5.02 Å². The van der Waals surface area contributed by atoms with E-state index in [1.165, 1.54) is 5.56 Å². The number of thiol groups is 1. The molecule has 86 valence electrons. The molecule has 1 heterocycles. The first kappa shape index (κ1) is 11.9. The molecule has 0 N–H and O–H groups in total. The number of halogens is 1. The number of rotatable bonds is 3. The molecule has 0 saturated heterocycles. The molecule has 1 aliphatic rings. The predicted molar refractivity (Wildman–Crippen MR) is 71.2 cm³/mol. The van der Waals surface area contributed by atoms with E-state index in [1.54, 1.807) is 6.26 Å². The standard InChI is InChI=1S/C13H15ClOS/c14-11-6-4-10(5-7-11)9-13(16)12-3-1-2-8-15-12/h2,4-8,12-13,16H,1,3,9H2. The summed E-state index contributed by atoms with van der Waals surface area (Å²) in [5, 5.41) is 1.02. The molecular formula is C13H15ClOS. The fourth-order valence-corrected chi connectivity index (χ4v) is 2.39. The van der Waals surface area contributed by atoms with Crippen molar-refractivity contribution in [3.63, 3.8) is 0 Å². The largest absolute Gasteiger partial charge is 0.497 e. The SMILES string of the molecule is SC(Cc1ccc(Cl)cc1)C1CCC=CO1. The Kier molecular flexibility index (Phi) is 4.19. The highest BCUT2D eigenvalue weighted by Gasteiger charge is 2.20. The molecule has 16 heavy (non-hydrogen) atoms. The fourth-order valence-electron chi connectivity index (χ4n) is 1.83. The van der Waals surface area contributed by atoms with Gasteiger partial charge in [0.1, 0.15) is 6.10 Å². The molecular weight excluding hydrogens is 240 g/mol. The van der Waals surface area contributed by atoms with Gasteiger partial charge in [-0.15, -0.1) is 0 Å². The van der Waals surface area contributed by atoms with E-state index in [4.69, 9.17) is 16.3 Å². The van der Waals surface area contributed by atoms with Crippen LogP contribution < -0.4 is 0 Å². The van der Waals surface area contributed by atoms with E-state index in [0.717, 1.165) is 24.3 Å². The first-order chi connectivity index (χ1) is 7.75. The van der Waals surface area contributed by atoms with Gasteiger partial charge in [0.15, 0.2) is 0 Å². The summed E-state index contributed by atoms with van der Waals surface area (Å²) in [6.45, 7) is 0. The third kappa shape index (κ3) is 3.19. The third-order valence-electron chi connectivity index (χ3n) is 2.75. The summed E-state index contributed by atoms with van der Waals surface area (Å²) in [5.74, 6) is 0. The van der Waals surface area contributed by atoms with Crippen LogP contribution in [0, 0.1) is 0 Å². The highest BCUT2D eigenvalue weighted by Crippen LogP contribution is 2.21. The van der Waals surface area contributed by atoms with Gasteiger partial charge < -0.3 is 4.74 Å². The van der Waals surface area contributed by atoms with Crippen molar-refractivity contribution < 1.29 is 4.74 Å². The van der Waals surface area contributed by atoms with Crippen LogP contribution in [-0.2, 0) is 11.2 Å². The van der Waals surface area contributed by atoms with Crippen molar-refractivity contribution in [2.45, 2.75) is 30.6 Å². The van der Waals surface area contributed by atoms with Crippen LogP contribution in [0.4, 0.5) is 0 Å². The molecule has 0 saturated carbocycles. The molecule has 2 rings (SSSR count). The van der Waals surface area contributed by atoms with Gasteiger partial charge in [-0.2, -0.15) is 12.6 Å². The second kappa shape index (κ2) is 5.65. The van der Waals surface area contributed by atoms with Crippen molar-refractivity contribution in [2.24, 2.45) is 0 Å². The zero-order valence-electron chi connectivity index (χ0n) is 8.97. The van der Waals surface area contributed by atoms with Crippen molar-refractivity contribution in [2.75, 3.05) is 0 Å². The summed E-state index contributed by atoms with van der Waals surface area (Å²) in [4.78, 5) is 0. The van der Waals surface area contributed by atoms with E-state index < -0.39 is 0 Å². The highest BCUT2D eigenvalue weighted by molar-refractivity contribution is 7.81. The minimum Gasteiger partial charge on any atom is -0.497 e. The lowest BCUT2D eigenvalue weighted by Crippen LogP contribution is -2.26. The zero-order valence-corrected chi connectivity index (χ0v) is 10.6. The lowest BCUT2D eigenvalue weighted by atomic mass is 10.0.